The molecule has 0 atom stereocenters. The average Bonchev–Trinajstić information content (AvgIpc) is 2.41. The number of hydrogen-bond donors (Lipinski definition) is 0. The van der Waals surface area contributed by atoms with E-state index in [1.54, 1.807) is 5.20 Å². The van der Waals surface area contributed by atoms with Crippen LogP contribution in [0.2, 0.25) is 19.6 Å². The smallest absolute Gasteiger partial charge is 0.0771 e. The van der Waals surface area contributed by atoms with E-state index < -0.39 is 8.07 Å². The van der Waals surface area contributed by atoms with Crippen molar-refractivity contribution in [3.8, 4) is 0 Å². The van der Waals surface area contributed by atoms with Crippen LogP contribution in [-0.2, 0) is 0 Å². The maximum absolute atomic E-state index is 2.49. The second kappa shape index (κ2) is 8.96. The molecule has 110 valence electrons. The summed E-state index contributed by atoms with van der Waals surface area (Å²) >= 11 is 0. The van der Waals surface area contributed by atoms with Gasteiger partial charge in [0.05, 0.1) is 8.07 Å². The predicted octanol–water partition coefficient (Wildman–Crippen LogP) is 6.47. The molecule has 0 radical (unpaired) electrons. The lowest BCUT2D eigenvalue weighted by Crippen LogP contribution is -2.22. The van der Waals surface area contributed by atoms with Crippen molar-refractivity contribution >= 4 is 14.1 Å². The standard InChI is InChI=1S/C19H30Si/c1-5-6-7-8-12-15-19(20(2,3)4)17-16-18-13-10-9-11-14-18/h9-11,13-17H,5-8,12H2,1-4H3/b17-16+,19-15-. The van der Waals surface area contributed by atoms with Gasteiger partial charge in [-0.15, -0.1) is 0 Å². The van der Waals surface area contributed by atoms with Crippen LogP contribution in [0, 0.1) is 0 Å². The van der Waals surface area contributed by atoms with Crippen LogP contribution in [0.25, 0.3) is 6.08 Å². The zero-order valence-electron chi connectivity index (χ0n) is 13.7. The van der Waals surface area contributed by atoms with Crippen molar-refractivity contribution in [2.75, 3.05) is 0 Å². The SMILES string of the molecule is CCCCCC/C=C(/C=C/c1ccccc1)[Si](C)(C)C. The van der Waals surface area contributed by atoms with Gasteiger partial charge >= 0.3 is 0 Å². The van der Waals surface area contributed by atoms with Crippen LogP contribution >= 0.6 is 0 Å². The van der Waals surface area contributed by atoms with Crippen LogP contribution in [0.5, 0.6) is 0 Å². The molecule has 0 fully saturated rings. The highest BCUT2D eigenvalue weighted by Crippen LogP contribution is 2.19. The van der Waals surface area contributed by atoms with Crippen LogP contribution in [-0.4, -0.2) is 8.07 Å². The van der Waals surface area contributed by atoms with Crippen molar-refractivity contribution in [2.24, 2.45) is 0 Å². The number of allylic oxidation sites excluding steroid dienone is 3. The van der Waals surface area contributed by atoms with Gasteiger partial charge in [-0.05, 0) is 18.4 Å². The topological polar surface area (TPSA) is 0 Å². The Hall–Kier alpha value is -1.08. The summed E-state index contributed by atoms with van der Waals surface area (Å²) in [6.07, 6.45) is 13.7. The molecule has 0 saturated carbocycles. The van der Waals surface area contributed by atoms with Crippen LogP contribution in [0.4, 0.5) is 0 Å². The molecule has 0 heterocycles. The minimum atomic E-state index is -1.23. The molecule has 0 aliphatic rings. The molecule has 0 nitrogen and oxygen atoms in total. The lowest BCUT2D eigenvalue weighted by Gasteiger charge is -2.18. The molecule has 1 rings (SSSR count). The Morgan fingerprint density at radius 3 is 2.30 bits per heavy atom. The van der Waals surface area contributed by atoms with Gasteiger partial charge in [-0.2, -0.15) is 0 Å². The summed E-state index contributed by atoms with van der Waals surface area (Å²) in [6, 6.07) is 10.6. The highest BCUT2D eigenvalue weighted by molar-refractivity contribution is 6.83. The van der Waals surface area contributed by atoms with Crippen molar-refractivity contribution in [1.29, 1.82) is 0 Å². The van der Waals surface area contributed by atoms with Gasteiger partial charge in [0.15, 0.2) is 0 Å². The Kier molecular flexibility index (Phi) is 7.61. The van der Waals surface area contributed by atoms with Gasteiger partial charge in [0.1, 0.15) is 0 Å². The minimum absolute atomic E-state index is 1.23. The van der Waals surface area contributed by atoms with E-state index in [0.717, 1.165) is 0 Å². The van der Waals surface area contributed by atoms with Gasteiger partial charge in [-0.1, -0.05) is 99.6 Å². The van der Waals surface area contributed by atoms with Gasteiger partial charge in [-0.3, -0.25) is 0 Å². The third-order valence-corrected chi connectivity index (χ3v) is 5.65. The normalized spacial score (nSPS) is 13.1. The first-order valence-electron chi connectivity index (χ1n) is 7.98. The molecule has 0 saturated heterocycles. The van der Waals surface area contributed by atoms with Crippen LogP contribution in [0.3, 0.4) is 0 Å². The monoisotopic (exact) mass is 286 g/mol. The summed E-state index contributed by atoms with van der Waals surface area (Å²) in [5, 5.41) is 1.58. The number of unbranched alkanes of at least 4 members (excludes halogenated alkanes) is 4. The molecule has 0 spiro atoms. The molecule has 0 aliphatic carbocycles. The summed E-state index contributed by atoms with van der Waals surface area (Å²) in [5.74, 6) is 0. The van der Waals surface area contributed by atoms with E-state index in [9.17, 15) is 0 Å². The van der Waals surface area contributed by atoms with E-state index in [1.807, 2.05) is 0 Å². The van der Waals surface area contributed by atoms with E-state index in [4.69, 9.17) is 0 Å². The van der Waals surface area contributed by atoms with Crippen molar-refractivity contribution < 1.29 is 0 Å². The number of benzene rings is 1. The zero-order chi connectivity index (χ0) is 14.8. The Labute approximate surface area is 126 Å². The molecule has 1 heteroatoms. The van der Waals surface area contributed by atoms with E-state index in [1.165, 1.54) is 37.7 Å². The third kappa shape index (κ3) is 6.90. The van der Waals surface area contributed by atoms with Crippen molar-refractivity contribution in [1.82, 2.24) is 0 Å². The van der Waals surface area contributed by atoms with Crippen LogP contribution in [0.15, 0.2) is 47.7 Å². The molecular formula is C19H30Si. The molecule has 1 aromatic carbocycles. The lowest BCUT2D eigenvalue weighted by molar-refractivity contribution is 0.674. The van der Waals surface area contributed by atoms with Gasteiger partial charge in [-0.25, -0.2) is 0 Å². The van der Waals surface area contributed by atoms with E-state index >= 15 is 0 Å². The average molecular weight is 287 g/mol. The van der Waals surface area contributed by atoms with Crippen molar-refractivity contribution in [3.05, 3.63) is 53.2 Å². The zero-order valence-corrected chi connectivity index (χ0v) is 14.7. The highest BCUT2D eigenvalue weighted by atomic mass is 28.3. The molecule has 0 unspecified atom stereocenters. The summed E-state index contributed by atoms with van der Waals surface area (Å²) in [4.78, 5) is 0. The van der Waals surface area contributed by atoms with Crippen molar-refractivity contribution in [3.63, 3.8) is 0 Å². The molecule has 0 N–H and O–H groups in total. The van der Waals surface area contributed by atoms with Crippen LogP contribution in [0.1, 0.15) is 44.6 Å². The van der Waals surface area contributed by atoms with E-state index in [-0.39, 0.29) is 0 Å². The van der Waals surface area contributed by atoms with Crippen LogP contribution < -0.4 is 0 Å². The quantitative estimate of drug-likeness (QED) is 0.292. The van der Waals surface area contributed by atoms with Gasteiger partial charge in [0.25, 0.3) is 0 Å². The fraction of sp³-hybridized carbons (Fsp3) is 0.474. The highest BCUT2D eigenvalue weighted by Gasteiger charge is 2.16. The lowest BCUT2D eigenvalue weighted by atomic mass is 10.1. The fourth-order valence-electron chi connectivity index (χ4n) is 2.20. The Morgan fingerprint density at radius 1 is 1.00 bits per heavy atom. The summed E-state index contributed by atoms with van der Waals surface area (Å²) in [6.45, 7) is 9.56. The number of rotatable bonds is 8. The Balaban J connectivity index is 2.65. The molecule has 0 aliphatic heterocycles. The molecule has 0 amide bonds. The molecule has 1 aromatic rings. The first kappa shape index (κ1) is 17.0. The Bertz CT molecular complexity index is 421. The minimum Gasteiger partial charge on any atom is -0.0853 e. The Morgan fingerprint density at radius 2 is 1.70 bits per heavy atom. The maximum atomic E-state index is 2.49. The molecular weight excluding hydrogens is 256 g/mol. The van der Waals surface area contributed by atoms with E-state index in [0.29, 0.717) is 0 Å². The second-order valence-electron chi connectivity index (χ2n) is 6.50. The maximum Gasteiger partial charge on any atom is 0.0771 e. The third-order valence-electron chi connectivity index (χ3n) is 3.54. The first-order chi connectivity index (χ1) is 9.54. The largest absolute Gasteiger partial charge is 0.0853 e. The molecule has 0 bridgehead atoms. The predicted molar refractivity (Wildman–Crippen MR) is 95.7 cm³/mol. The van der Waals surface area contributed by atoms with Gasteiger partial charge in [0.2, 0.25) is 0 Å². The number of hydrogen-bond acceptors (Lipinski definition) is 0. The first-order valence-corrected chi connectivity index (χ1v) is 11.5. The summed E-state index contributed by atoms with van der Waals surface area (Å²) < 4.78 is 0. The summed E-state index contributed by atoms with van der Waals surface area (Å²) in [7, 11) is -1.23. The van der Waals surface area contributed by atoms with Crippen molar-refractivity contribution in [2.45, 2.75) is 58.7 Å². The van der Waals surface area contributed by atoms with E-state index in [2.05, 4.69) is 75.1 Å². The van der Waals surface area contributed by atoms with Gasteiger partial charge in [0, 0.05) is 0 Å². The van der Waals surface area contributed by atoms with Gasteiger partial charge < -0.3 is 0 Å². The summed E-state index contributed by atoms with van der Waals surface area (Å²) in [5.41, 5.74) is 1.29. The molecule has 0 aromatic heterocycles. The second-order valence-corrected chi connectivity index (χ2v) is 11.6. The molecule has 20 heavy (non-hydrogen) atoms. The fourth-order valence-corrected chi connectivity index (χ4v) is 3.54.